The van der Waals surface area contributed by atoms with Crippen molar-refractivity contribution in [3.8, 4) is 22.3 Å². The average molecular weight is 828 g/mol. The quantitative estimate of drug-likeness (QED) is 0.132. The number of allylic oxidation sites excluding steroid dienone is 2. The molecule has 0 nitrogen and oxygen atoms in total. The van der Waals surface area contributed by atoms with E-state index in [-0.39, 0.29) is 7.25 Å². The number of aryl methyl sites for hydroxylation is 2. The molecule has 0 spiro atoms. The summed E-state index contributed by atoms with van der Waals surface area (Å²) >= 11 is -5.00. The molecule has 275 valence electrons. The van der Waals surface area contributed by atoms with Gasteiger partial charge in [0.2, 0.25) is 0 Å². The molecule has 0 amide bonds. The van der Waals surface area contributed by atoms with E-state index < -0.39 is 21.5 Å². The van der Waals surface area contributed by atoms with Gasteiger partial charge in [-0.3, -0.25) is 0 Å². The van der Waals surface area contributed by atoms with E-state index in [1.807, 2.05) is 0 Å². The molecular formula is C48H61Cl2SiZr. The number of halogens is 2. The van der Waals surface area contributed by atoms with Gasteiger partial charge in [0.05, 0.1) is 0 Å². The van der Waals surface area contributed by atoms with E-state index in [4.69, 9.17) is 17.0 Å². The van der Waals surface area contributed by atoms with E-state index in [1.165, 1.54) is 77.9 Å². The summed E-state index contributed by atoms with van der Waals surface area (Å²) < 4.78 is 0.159. The van der Waals surface area contributed by atoms with Crippen LogP contribution in [-0.4, -0.2) is 5.92 Å². The molecule has 2 aliphatic carbocycles. The first-order valence-corrected chi connectivity index (χ1v) is 36.2. The van der Waals surface area contributed by atoms with Crippen LogP contribution in [0.1, 0.15) is 132 Å². The predicted octanol–water partition coefficient (Wildman–Crippen LogP) is 15.5. The third kappa shape index (κ3) is 6.69. The molecule has 52 heavy (non-hydrogen) atoms. The van der Waals surface area contributed by atoms with Crippen molar-refractivity contribution in [2.75, 3.05) is 0 Å². The van der Waals surface area contributed by atoms with Gasteiger partial charge in [0.1, 0.15) is 0 Å². The molecule has 2 aliphatic rings. The molecule has 0 saturated heterocycles. The van der Waals surface area contributed by atoms with Crippen molar-refractivity contribution in [1.29, 1.82) is 0 Å². The van der Waals surface area contributed by atoms with E-state index >= 15 is 0 Å². The van der Waals surface area contributed by atoms with Gasteiger partial charge in [-0.25, -0.2) is 0 Å². The van der Waals surface area contributed by atoms with Crippen LogP contribution in [0.4, 0.5) is 0 Å². The second-order valence-corrected chi connectivity index (χ2v) is 60.4. The molecule has 6 rings (SSSR count). The molecule has 4 aromatic carbocycles. The Morgan fingerprint density at radius 2 is 0.923 bits per heavy atom. The summed E-state index contributed by atoms with van der Waals surface area (Å²) in [6.45, 7) is 28.3. The van der Waals surface area contributed by atoms with Crippen LogP contribution >= 0.6 is 17.0 Å². The molecule has 4 heteroatoms. The van der Waals surface area contributed by atoms with Gasteiger partial charge < -0.3 is 0 Å². The van der Waals surface area contributed by atoms with E-state index in [0.29, 0.717) is 23.7 Å². The summed E-state index contributed by atoms with van der Waals surface area (Å²) in [5, 5.41) is 0. The van der Waals surface area contributed by atoms with Crippen molar-refractivity contribution < 1.29 is 15.6 Å². The SMILES string of the molecule is Cc1ccccc1-c1c(C(C)C)ccc2c1C=C(CC(C)C)[CH]2[Zr]([Cl])([Cl])([CH]1C(CC(C)C)=Cc2c1ccc(C(C)C)c2-c1ccccc1C)[SiH](C)C. The summed E-state index contributed by atoms with van der Waals surface area (Å²) in [5.41, 5.74) is 19.4. The fraction of sp³-hybridized carbons (Fsp3) is 0.417. The van der Waals surface area contributed by atoms with Gasteiger partial charge in [0.15, 0.2) is 0 Å². The molecule has 0 N–H and O–H groups in total. The van der Waals surface area contributed by atoms with Crippen LogP contribution in [0.25, 0.3) is 34.4 Å². The standard InChI is InChI=1S/2C23H27.C2H7Si.2ClH.Zr/c2*1-15(2)12-18-13-19-10-11-20(16(3)4)23(22(19)14-18)21-9-7-6-8-17(21)5;1-3-2;;;/h2*6-11,13-16H,12H2,1-5H3;3H,1-2H3;2*1H;/q;;;;;+2/p-2. The molecule has 0 bridgehead atoms. The predicted molar refractivity (Wildman–Crippen MR) is 232 cm³/mol. The third-order valence-corrected chi connectivity index (χ3v) is 64.1. The van der Waals surface area contributed by atoms with Crippen molar-refractivity contribution in [3.63, 3.8) is 0 Å². The maximum atomic E-state index is 8.97. The van der Waals surface area contributed by atoms with Crippen molar-refractivity contribution >= 4 is 35.1 Å². The Hall–Kier alpha value is -1.96. The molecule has 0 heterocycles. The summed E-state index contributed by atoms with van der Waals surface area (Å²) in [6, 6.07) is 27.6. The monoisotopic (exact) mass is 825 g/mol. The van der Waals surface area contributed by atoms with Gasteiger partial charge in [-0.05, 0) is 0 Å². The number of hydrogen-bond acceptors (Lipinski definition) is 0. The Morgan fingerprint density at radius 1 is 0.558 bits per heavy atom. The molecule has 0 radical (unpaired) electrons. The van der Waals surface area contributed by atoms with Gasteiger partial charge in [-0.15, -0.1) is 0 Å². The van der Waals surface area contributed by atoms with Gasteiger partial charge in [0, 0.05) is 0 Å². The van der Waals surface area contributed by atoms with E-state index in [1.54, 1.807) is 0 Å². The number of hydrogen-bond donors (Lipinski definition) is 0. The first-order chi connectivity index (χ1) is 24.5. The van der Waals surface area contributed by atoms with Crippen molar-refractivity contribution in [1.82, 2.24) is 0 Å². The second kappa shape index (κ2) is 14.9. The van der Waals surface area contributed by atoms with Crippen molar-refractivity contribution in [2.45, 2.75) is 114 Å². The molecule has 4 aromatic rings. The first-order valence-electron chi connectivity index (χ1n) is 19.9. The molecule has 0 aliphatic heterocycles. The van der Waals surface area contributed by atoms with Crippen LogP contribution < -0.4 is 0 Å². The minimum absolute atomic E-state index is 0.0796. The zero-order chi connectivity index (χ0) is 37.9. The normalized spacial score (nSPS) is 17.9. The van der Waals surface area contributed by atoms with Crippen LogP contribution in [0.15, 0.2) is 83.9 Å². The molecule has 2 atom stereocenters. The Balaban J connectivity index is 1.70. The summed E-state index contributed by atoms with van der Waals surface area (Å²) in [7, 11) is 17.9. The molecule has 0 fully saturated rings. The van der Waals surface area contributed by atoms with Crippen LogP contribution in [0.2, 0.25) is 13.1 Å². The molecule has 2 unspecified atom stereocenters. The summed E-state index contributed by atoms with van der Waals surface area (Å²) in [5.74, 6) is 0.0770. The fourth-order valence-corrected chi connectivity index (χ4v) is 41.1. The minimum atomic E-state index is -5.00. The van der Waals surface area contributed by atoms with Crippen molar-refractivity contribution in [3.05, 3.63) is 128 Å². The Kier molecular flexibility index (Phi) is 11.4. The van der Waals surface area contributed by atoms with Crippen molar-refractivity contribution in [2.24, 2.45) is 11.8 Å². The van der Waals surface area contributed by atoms with E-state index in [0.717, 1.165) is 12.8 Å². The first kappa shape index (κ1) is 39.7. The summed E-state index contributed by atoms with van der Waals surface area (Å²) in [6.07, 6.45) is 7.17. The molecule has 0 saturated carbocycles. The third-order valence-electron chi connectivity index (χ3n) is 12.2. The zero-order valence-electron chi connectivity index (χ0n) is 33.8. The average Bonchev–Trinajstić information content (AvgIpc) is 3.62. The fourth-order valence-electron chi connectivity index (χ4n) is 9.76. The number of rotatable bonds is 11. The maximum absolute atomic E-state index is 8.97. The van der Waals surface area contributed by atoms with Gasteiger partial charge in [-0.1, -0.05) is 0 Å². The van der Waals surface area contributed by atoms with Crippen LogP contribution in [0.3, 0.4) is 0 Å². The topological polar surface area (TPSA) is 0 Å². The van der Waals surface area contributed by atoms with Crippen LogP contribution in [-0.2, 0) is 15.6 Å². The van der Waals surface area contributed by atoms with Gasteiger partial charge >= 0.3 is 327 Å². The van der Waals surface area contributed by atoms with Crippen LogP contribution in [0.5, 0.6) is 0 Å². The Labute approximate surface area is 324 Å². The number of benzene rings is 4. The Bertz CT molecular complexity index is 1920. The van der Waals surface area contributed by atoms with Gasteiger partial charge in [-0.2, -0.15) is 0 Å². The second-order valence-electron chi connectivity index (χ2n) is 17.9. The zero-order valence-corrected chi connectivity index (χ0v) is 38.9. The van der Waals surface area contributed by atoms with Crippen LogP contribution in [0, 0.1) is 25.7 Å². The molecular weight excluding hydrogens is 767 g/mol. The Morgan fingerprint density at radius 3 is 1.23 bits per heavy atom. The number of fused-ring (bicyclic) bond motifs is 2. The summed E-state index contributed by atoms with van der Waals surface area (Å²) in [4.78, 5) is 0. The van der Waals surface area contributed by atoms with E-state index in [2.05, 4.69) is 167 Å². The van der Waals surface area contributed by atoms with Gasteiger partial charge in [0.25, 0.3) is 0 Å². The van der Waals surface area contributed by atoms with E-state index in [9.17, 15) is 0 Å². The molecule has 0 aromatic heterocycles.